The Balaban J connectivity index is 2.45. The quantitative estimate of drug-likeness (QED) is 0.625. The summed E-state index contributed by atoms with van der Waals surface area (Å²) >= 11 is 0. The topological polar surface area (TPSA) is 42.2 Å². The number of methoxy groups -OCH3 is 2. The molecule has 0 saturated carbocycles. The van der Waals surface area contributed by atoms with Gasteiger partial charge < -0.3 is 9.47 Å². The molecule has 0 radical (unpaired) electrons. The molecular weight excluding hydrogens is 262 g/mol. The van der Waals surface area contributed by atoms with E-state index in [0.29, 0.717) is 11.3 Å². The molecule has 0 spiro atoms. The molecule has 0 heterocycles. The third kappa shape index (κ3) is 3.43. The van der Waals surface area contributed by atoms with Crippen LogP contribution in [0.2, 0.25) is 0 Å². The van der Waals surface area contributed by atoms with E-state index in [0.717, 1.165) is 22.4 Å². The zero-order valence-corrected chi connectivity index (χ0v) is 12.4. The van der Waals surface area contributed by atoms with Crippen molar-refractivity contribution >= 4 is 11.6 Å². The van der Waals surface area contributed by atoms with Gasteiger partial charge in [0.25, 0.3) is 0 Å². The first-order valence-electron chi connectivity index (χ1n) is 6.59. The van der Waals surface area contributed by atoms with Gasteiger partial charge in [-0.15, -0.1) is 0 Å². The van der Waals surface area contributed by atoms with E-state index in [1.165, 1.54) is 0 Å². The van der Waals surface area contributed by atoms with Crippen LogP contribution in [0.5, 0.6) is 11.5 Å². The summed E-state index contributed by atoms with van der Waals surface area (Å²) in [6.45, 7) is 2.02. The summed E-state index contributed by atoms with van der Waals surface area (Å²) in [5.74, 6) is 1.40. The third-order valence-corrected chi connectivity index (χ3v) is 3.22. The minimum Gasteiger partial charge on any atom is -0.497 e. The number of nitrogens with zero attached hydrogens (tertiary/aromatic N) is 1. The highest BCUT2D eigenvalue weighted by atomic mass is 16.5. The van der Waals surface area contributed by atoms with Crippen LogP contribution in [-0.4, -0.2) is 14.2 Å². The molecule has 0 saturated heterocycles. The van der Waals surface area contributed by atoms with Crippen molar-refractivity contribution in [2.45, 2.75) is 6.92 Å². The zero-order valence-electron chi connectivity index (χ0n) is 12.4. The molecule has 2 aromatic rings. The molecule has 0 atom stereocenters. The zero-order chi connectivity index (χ0) is 15.2. The summed E-state index contributed by atoms with van der Waals surface area (Å²) in [5.41, 5.74) is 3.49. The molecule has 0 aromatic heterocycles. The molecule has 3 nitrogen and oxygen atoms in total. The maximum absolute atomic E-state index is 9.39. The number of hydrogen-bond acceptors (Lipinski definition) is 3. The first-order valence-corrected chi connectivity index (χ1v) is 6.59. The molecule has 0 amide bonds. The van der Waals surface area contributed by atoms with Crippen LogP contribution < -0.4 is 9.47 Å². The van der Waals surface area contributed by atoms with Crippen LogP contribution in [0.1, 0.15) is 16.7 Å². The van der Waals surface area contributed by atoms with Crippen LogP contribution in [0.25, 0.3) is 11.6 Å². The number of rotatable bonds is 4. The van der Waals surface area contributed by atoms with Gasteiger partial charge in [-0.2, -0.15) is 5.26 Å². The lowest BCUT2D eigenvalue weighted by Gasteiger charge is -2.08. The van der Waals surface area contributed by atoms with E-state index in [1.807, 2.05) is 49.4 Å². The number of benzene rings is 2. The number of aryl methyl sites for hydroxylation is 1. The second-order valence-corrected chi connectivity index (χ2v) is 4.64. The van der Waals surface area contributed by atoms with Crippen LogP contribution in [0.15, 0.2) is 42.5 Å². The van der Waals surface area contributed by atoms with Gasteiger partial charge in [0.1, 0.15) is 11.5 Å². The Kier molecular flexibility index (Phi) is 4.63. The van der Waals surface area contributed by atoms with E-state index in [-0.39, 0.29) is 0 Å². The fourth-order valence-corrected chi connectivity index (χ4v) is 2.01. The van der Waals surface area contributed by atoms with Gasteiger partial charge in [-0.25, -0.2) is 0 Å². The summed E-state index contributed by atoms with van der Waals surface area (Å²) < 4.78 is 10.5. The molecule has 21 heavy (non-hydrogen) atoms. The number of allylic oxidation sites excluding steroid dienone is 1. The first-order chi connectivity index (χ1) is 10.2. The Morgan fingerprint density at radius 2 is 1.76 bits per heavy atom. The SMILES string of the molecule is COc1ccc(/C=C(/C#N)c2ccc(C)cc2)c(OC)c1. The predicted molar refractivity (Wildman–Crippen MR) is 84.2 cm³/mol. The van der Waals surface area contributed by atoms with Crippen LogP contribution in [0, 0.1) is 18.3 Å². The third-order valence-electron chi connectivity index (χ3n) is 3.22. The number of hydrogen-bond donors (Lipinski definition) is 0. The van der Waals surface area contributed by atoms with Crippen molar-refractivity contribution in [3.63, 3.8) is 0 Å². The molecule has 2 rings (SSSR count). The smallest absolute Gasteiger partial charge is 0.129 e. The largest absolute Gasteiger partial charge is 0.497 e. The molecule has 0 bridgehead atoms. The van der Waals surface area contributed by atoms with Crippen molar-refractivity contribution in [1.29, 1.82) is 5.26 Å². The van der Waals surface area contributed by atoms with Gasteiger partial charge in [-0.1, -0.05) is 29.8 Å². The highest BCUT2D eigenvalue weighted by Crippen LogP contribution is 2.28. The lowest BCUT2D eigenvalue weighted by molar-refractivity contribution is 0.394. The van der Waals surface area contributed by atoms with Crippen molar-refractivity contribution in [3.8, 4) is 17.6 Å². The molecule has 2 aromatic carbocycles. The minimum atomic E-state index is 0.596. The van der Waals surface area contributed by atoms with E-state index in [1.54, 1.807) is 20.3 Å². The van der Waals surface area contributed by atoms with Gasteiger partial charge in [0.2, 0.25) is 0 Å². The summed E-state index contributed by atoms with van der Waals surface area (Å²) in [5, 5.41) is 9.39. The van der Waals surface area contributed by atoms with Gasteiger partial charge in [0.05, 0.1) is 25.9 Å². The first kappa shape index (κ1) is 14.7. The molecule has 0 aliphatic rings. The maximum atomic E-state index is 9.39. The standard InChI is InChI=1S/C18H17NO2/c1-13-4-6-14(7-5-13)16(12-19)10-15-8-9-17(20-2)11-18(15)21-3/h4-11H,1-3H3/b16-10-. The summed E-state index contributed by atoms with van der Waals surface area (Å²) in [4.78, 5) is 0. The Morgan fingerprint density at radius 3 is 2.33 bits per heavy atom. The molecule has 0 fully saturated rings. The van der Waals surface area contributed by atoms with Crippen molar-refractivity contribution in [2.24, 2.45) is 0 Å². The summed E-state index contributed by atoms with van der Waals surface area (Å²) in [7, 11) is 3.21. The van der Waals surface area contributed by atoms with Gasteiger partial charge in [-0.3, -0.25) is 0 Å². The average molecular weight is 279 g/mol. The lowest BCUT2D eigenvalue weighted by atomic mass is 10.0. The molecule has 3 heteroatoms. The van der Waals surface area contributed by atoms with E-state index < -0.39 is 0 Å². The van der Waals surface area contributed by atoms with Crippen LogP contribution in [-0.2, 0) is 0 Å². The fraction of sp³-hybridized carbons (Fsp3) is 0.167. The van der Waals surface area contributed by atoms with Gasteiger partial charge in [0, 0.05) is 11.6 Å². The Morgan fingerprint density at radius 1 is 1.05 bits per heavy atom. The average Bonchev–Trinajstić information content (AvgIpc) is 2.53. The molecular formula is C18H17NO2. The van der Waals surface area contributed by atoms with Gasteiger partial charge in [0.15, 0.2) is 0 Å². The van der Waals surface area contributed by atoms with E-state index in [2.05, 4.69) is 6.07 Å². The Bertz CT molecular complexity index is 694. The Labute approximate surface area is 125 Å². The summed E-state index contributed by atoms with van der Waals surface area (Å²) in [6.07, 6.45) is 1.82. The number of nitriles is 1. The predicted octanol–water partition coefficient (Wildman–Crippen LogP) is 4.08. The van der Waals surface area contributed by atoms with Crippen molar-refractivity contribution in [3.05, 3.63) is 59.2 Å². The highest BCUT2D eigenvalue weighted by Gasteiger charge is 2.06. The normalized spacial score (nSPS) is 10.9. The van der Waals surface area contributed by atoms with Crippen molar-refractivity contribution < 1.29 is 9.47 Å². The van der Waals surface area contributed by atoms with Gasteiger partial charge in [-0.05, 0) is 30.7 Å². The lowest BCUT2D eigenvalue weighted by Crippen LogP contribution is -1.90. The molecule has 0 N–H and O–H groups in total. The highest BCUT2D eigenvalue weighted by molar-refractivity contribution is 5.90. The molecule has 106 valence electrons. The van der Waals surface area contributed by atoms with E-state index in [9.17, 15) is 5.26 Å². The van der Waals surface area contributed by atoms with E-state index in [4.69, 9.17) is 9.47 Å². The Hall–Kier alpha value is -2.73. The van der Waals surface area contributed by atoms with Crippen LogP contribution in [0.3, 0.4) is 0 Å². The summed E-state index contributed by atoms with van der Waals surface area (Å²) in [6, 6.07) is 15.6. The number of ether oxygens (including phenoxy) is 2. The molecule has 0 aliphatic heterocycles. The maximum Gasteiger partial charge on any atom is 0.129 e. The second-order valence-electron chi connectivity index (χ2n) is 4.64. The second kappa shape index (κ2) is 6.62. The van der Waals surface area contributed by atoms with Crippen molar-refractivity contribution in [2.75, 3.05) is 14.2 Å². The van der Waals surface area contributed by atoms with Crippen molar-refractivity contribution in [1.82, 2.24) is 0 Å². The minimum absolute atomic E-state index is 0.596. The van der Waals surface area contributed by atoms with E-state index >= 15 is 0 Å². The van der Waals surface area contributed by atoms with Crippen LogP contribution in [0.4, 0.5) is 0 Å². The van der Waals surface area contributed by atoms with Gasteiger partial charge >= 0.3 is 0 Å². The fourth-order valence-electron chi connectivity index (χ4n) is 2.01. The monoisotopic (exact) mass is 279 g/mol. The molecule has 0 unspecified atom stereocenters. The molecule has 0 aliphatic carbocycles. The van der Waals surface area contributed by atoms with Crippen LogP contribution >= 0.6 is 0 Å².